The first-order chi connectivity index (χ1) is 11.7. The molecule has 2 aromatic rings. The van der Waals surface area contributed by atoms with Crippen LogP contribution in [0.25, 0.3) is 0 Å². The zero-order chi connectivity index (χ0) is 17.4. The Morgan fingerprint density at radius 1 is 1.25 bits per heavy atom. The van der Waals surface area contributed by atoms with E-state index in [2.05, 4.69) is 11.9 Å². The molecule has 2 rings (SSSR count). The second-order valence-electron chi connectivity index (χ2n) is 5.02. The SMILES string of the molecule is C=CCc1ccc(OCC(=O)Nc2ccccc2SC)c(OC)c1. The van der Waals surface area contributed by atoms with Gasteiger partial charge in [-0.1, -0.05) is 24.3 Å². The van der Waals surface area contributed by atoms with Crippen LogP contribution in [0.5, 0.6) is 11.5 Å². The topological polar surface area (TPSA) is 47.6 Å². The van der Waals surface area contributed by atoms with Crippen LogP contribution in [0.4, 0.5) is 5.69 Å². The van der Waals surface area contributed by atoms with Gasteiger partial charge in [-0.25, -0.2) is 0 Å². The number of hydrogen-bond donors (Lipinski definition) is 1. The van der Waals surface area contributed by atoms with Gasteiger partial charge in [-0.15, -0.1) is 18.3 Å². The number of para-hydroxylation sites is 1. The Hall–Kier alpha value is -2.40. The van der Waals surface area contributed by atoms with Crippen molar-refractivity contribution in [3.63, 3.8) is 0 Å². The molecule has 0 aliphatic rings. The first-order valence-corrected chi connectivity index (χ1v) is 8.74. The van der Waals surface area contributed by atoms with Gasteiger partial charge in [0.1, 0.15) is 0 Å². The molecule has 5 heteroatoms. The van der Waals surface area contributed by atoms with Crippen molar-refractivity contribution in [2.45, 2.75) is 11.3 Å². The maximum Gasteiger partial charge on any atom is 0.262 e. The first-order valence-electron chi connectivity index (χ1n) is 7.51. The Morgan fingerprint density at radius 2 is 2.04 bits per heavy atom. The van der Waals surface area contributed by atoms with Crippen LogP contribution in [0.3, 0.4) is 0 Å². The highest BCUT2D eigenvalue weighted by Gasteiger charge is 2.10. The van der Waals surface area contributed by atoms with E-state index in [0.29, 0.717) is 11.5 Å². The molecule has 0 radical (unpaired) electrons. The number of thioether (sulfide) groups is 1. The maximum atomic E-state index is 12.1. The molecule has 0 saturated carbocycles. The summed E-state index contributed by atoms with van der Waals surface area (Å²) in [6.07, 6.45) is 4.55. The van der Waals surface area contributed by atoms with E-state index in [-0.39, 0.29) is 12.5 Å². The van der Waals surface area contributed by atoms with E-state index in [4.69, 9.17) is 9.47 Å². The normalized spacial score (nSPS) is 10.1. The number of rotatable bonds is 8. The van der Waals surface area contributed by atoms with E-state index >= 15 is 0 Å². The number of hydrogen-bond acceptors (Lipinski definition) is 4. The smallest absolute Gasteiger partial charge is 0.262 e. The predicted molar refractivity (Wildman–Crippen MR) is 99.2 cm³/mol. The van der Waals surface area contributed by atoms with E-state index in [1.54, 1.807) is 24.9 Å². The summed E-state index contributed by atoms with van der Waals surface area (Å²) >= 11 is 1.58. The Labute approximate surface area is 146 Å². The lowest BCUT2D eigenvalue weighted by Gasteiger charge is -2.13. The van der Waals surface area contributed by atoms with Crippen molar-refractivity contribution in [2.75, 3.05) is 25.3 Å². The molecule has 126 valence electrons. The Kier molecular flexibility index (Phi) is 6.75. The molecule has 0 spiro atoms. The highest BCUT2D eigenvalue weighted by Crippen LogP contribution is 2.28. The molecule has 24 heavy (non-hydrogen) atoms. The molecular formula is C19H21NO3S. The Bertz CT molecular complexity index is 716. The van der Waals surface area contributed by atoms with Crippen LogP contribution in [0.1, 0.15) is 5.56 Å². The van der Waals surface area contributed by atoms with Gasteiger partial charge in [0.2, 0.25) is 0 Å². The molecular weight excluding hydrogens is 322 g/mol. The summed E-state index contributed by atoms with van der Waals surface area (Å²) in [6.45, 7) is 3.64. The van der Waals surface area contributed by atoms with Crippen molar-refractivity contribution in [2.24, 2.45) is 0 Å². The highest BCUT2D eigenvalue weighted by molar-refractivity contribution is 7.98. The van der Waals surface area contributed by atoms with Crippen molar-refractivity contribution >= 4 is 23.4 Å². The fraction of sp³-hybridized carbons (Fsp3) is 0.211. The van der Waals surface area contributed by atoms with Crippen LogP contribution in [0.15, 0.2) is 60.0 Å². The molecule has 2 aromatic carbocycles. The number of anilines is 1. The zero-order valence-electron chi connectivity index (χ0n) is 13.9. The van der Waals surface area contributed by atoms with Gasteiger partial charge in [0, 0.05) is 4.90 Å². The fourth-order valence-electron chi connectivity index (χ4n) is 2.20. The minimum atomic E-state index is -0.214. The van der Waals surface area contributed by atoms with Crippen LogP contribution in [-0.2, 0) is 11.2 Å². The largest absolute Gasteiger partial charge is 0.493 e. The number of allylic oxidation sites excluding steroid dienone is 1. The van der Waals surface area contributed by atoms with Crippen LogP contribution >= 0.6 is 11.8 Å². The average molecular weight is 343 g/mol. The number of nitrogens with one attached hydrogen (secondary N) is 1. The number of amides is 1. The molecule has 0 bridgehead atoms. The third-order valence-electron chi connectivity index (χ3n) is 3.35. The summed E-state index contributed by atoms with van der Waals surface area (Å²) in [5.41, 5.74) is 1.86. The number of ether oxygens (including phenoxy) is 2. The quantitative estimate of drug-likeness (QED) is 0.577. The minimum absolute atomic E-state index is 0.0835. The maximum absolute atomic E-state index is 12.1. The lowest BCUT2D eigenvalue weighted by molar-refractivity contribution is -0.118. The van der Waals surface area contributed by atoms with Gasteiger partial charge in [0.25, 0.3) is 5.91 Å². The highest BCUT2D eigenvalue weighted by atomic mass is 32.2. The molecule has 0 aliphatic heterocycles. The molecule has 0 unspecified atom stereocenters. The summed E-state index contributed by atoms with van der Waals surface area (Å²) < 4.78 is 10.9. The van der Waals surface area contributed by atoms with Gasteiger partial charge in [-0.3, -0.25) is 4.79 Å². The molecule has 0 heterocycles. The van der Waals surface area contributed by atoms with Gasteiger partial charge in [0.05, 0.1) is 12.8 Å². The Morgan fingerprint density at radius 3 is 2.75 bits per heavy atom. The second-order valence-corrected chi connectivity index (χ2v) is 5.86. The van der Waals surface area contributed by atoms with E-state index in [0.717, 1.165) is 22.6 Å². The van der Waals surface area contributed by atoms with Crippen LogP contribution in [0.2, 0.25) is 0 Å². The molecule has 0 atom stereocenters. The third-order valence-corrected chi connectivity index (χ3v) is 4.14. The van der Waals surface area contributed by atoms with Gasteiger partial charge in [0.15, 0.2) is 18.1 Å². The lowest BCUT2D eigenvalue weighted by Crippen LogP contribution is -2.20. The van der Waals surface area contributed by atoms with Crippen molar-refractivity contribution in [3.05, 3.63) is 60.7 Å². The molecule has 0 fully saturated rings. The Balaban J connectivity index is 1.99. The van der Waals surface area contributed by atoms with E-state index < -0.39 is 0 Å². The van der Waals surface area contributed by atoms with E-state index in [1.165, 1.54) is 0 Å². The van der Waals surface area contributed by atoms with E-state index in [9.17, 15) is 4.79 Å². The molecule has 4 nitrogen and oxygen atoms in total. The van der Waals surface area contributed by atoms with Gasteiger partial charge in [-0.05, 0) is 42.5 Å². The summed E-state index contributed by atoms with van der Waals surface area (Å²) in [6, 6.07) is 13.3. The van der Waals surface area contributed by atoms with Gasteiger partial charge < -0.3 is 14.8 Å². The number of benzene rings is 2. The summed E-state index contributed by atoms with van der Waals surface area (Å²) in [4.78, 5) is 13.1. The lowest BCUT2D eigenvalue weighted by atomic mass is 10.1. The number of carbonyl (C=O) groups is 1. The summed E-state index contributed by atoms with van der Waals surface area (Å²) in [7, 11) is 1.58. The van der Waals surface area contributed by atoms with Crippen LogP contribution in [0, 0.1) is 0 Å². The number of carbonyl (C=O) groups excluding carboxylic acids is 1. The third kappa shape index (κ3) is 4.80. The van der Waals surface area contributed by atoms with Crippen molar-refractivity contribution in [1.29, 1.82) is 0 Å². The zero-order valence-corrected chi connectivity index (χ0v) is 14.7. The van der Waals surface area contributed by atoms with Crippen molar-refractivity contribution < 1.29 is 14.3 Å². The second kappa shape index (κ2) is 9.03. The standard InChI is InChI=1S/C19H21NO3S/c1-4-7-14-10-11-16(17(12-14)22-2)23-13-19(21)20-15-8-5-6-9-18(15)24-3/h4-6,8-12H,1,7,13H2,2-3H3,(H,20,21). The molecule has 0 aliphatic carbocycles. The molecule has 0 saturated heterocycles. The summed E-state index contributed by atoms with van der Waals surface area (Å²) in [5, 5.41) is 2.86. The predicted octanol–water partition coefficient (Wildman–Crippen LogP) is 4.16. The average Bonchev–Trinajstić information content (AvgIpc) is 2.61. The van der Waals surface area contributed by atoms with E-state index in [1.807, 2.05) is 48.7 Å². The molecule has 1 amide bonds. The van der Waals surface area contributed by atoms with Crippen LogP contribution < -0.4 is 14.8 Å². The fourth-order valence-corrected chi connectivity index (χ4v) is 2.76. The molecule has 1 N–H and O–H groups in total. The summed E-state index contributed by atoms with van der Waals surface area (Å²) in [5.74, 6) is 0.930. The van der Waals surface area contributed by atoms with Gasteiger partial charge >= 0.3 is 0 Å². The first kappa shape index (κ1) is 17.9. The van der Waals surface area contributed by atoms with Crippen LogP contribution in [-0.4, -0.2) is 25.9 Å². The minimum Gasteiger partial charge on any atom is -0.493 e. The van der Waals surface area contributed by atoms with Crippen molar-refractivity contribution in [1.82, 2.24) is 0 Å². The number of methoxy groups -OCH3 is 1. The van der Waals surface area contributed by atoms with Gasteiger partial charge in [-0.2, -0.15) is 0 Å². The monoisotopic (exact) mass is 343 g/mol. The van der Waals surface area contributed by atoms with Crippen molar-refractivity contribution in [3.8, 4) is 11.5 Å². The molecule has 0 aromatic heterocycles.